The van der Waals surface area contributed by atoms with Gasteiger partial charge in [-0.15, -0.1) is 11.6 Å². The summed E-state index contributed by atoms with van der Waals surface area (Å²) in [7, 11) is 0. The number of furan rings is 1. The van der Waals surface area contributed by atoms with Crippen LogP contribution >= 0.6 is 11.6 Å². The molecule has 1 saturated heterocycles. The van der Waals surface area contributed by atoms with E-state index in [2.05, 4.69) is 0 Å². The van der Waals surface area contributed by atoms with Crippen molar-refractivity contribution in [1.82, 2.24) is 4.90 Å². The molecule has 1 atom stereocenters. The van der Waals surface area contributed by atoms with E-state index in [9.17, 15) is 14.9 Å². The molecule has 104 valence electrons. The molecule has 0 radical (unpaired) electrons. The summed E-state index contributed by atoms with van der Waals surface area (Å²) in [5.74, 6) is -0.0698. The molecule has 1 aliphatic heterocycles. The number of hydrogen-bond donors (Lipinski definition) is 0. The predicted molar refractivity (Wildman–Crippen MR) is 69.4 cm³/mol. The zero-order chi connectivity index (χ0) is 13.8. The Morgan fingerprint density at radius 1 is 1.58 bits per heavy atom. The molecule has 1 fully saturated rings. The van der Waals surface area contributed by atoms with Gasteiger partial charge in [0.25, 0.3) is 5.91 Å². The van der Waals surface area contributed by atoms with Crippen molar-refractivity contribution in [2.24, 2.45) is 0 Å². The normalized spacial score (nSPS) is 18.8. The second kappa shape index (κ2) is 6.06. The second-order valence-electron chi connectivity index (χ2n) is 4.52. The van der Waals surface area contributed by atoms with Crippen LogP contribution in [0.3, 0.4) is 0 Å². The first kappa shape index (κ1) is 13.9. The summed E-state index contributed by atoms with van der Waals surface area (Å²) in [6.45, 7) is 0.667. The van der Waals surface area contributed by atoms with Crippen molar-refractivity contribution in [3.05, 3.63) is 28.0 Å². The van der Waals surface area contributed by atoms with Crippen molar-refractivity contribution in [3.63, 3.8) is 0 Å². The fourth-order valence-corrected chi connectivity index (χ4v) is 2.55. The molecule has 2 rings (SSSR count). The Kier molecular flexibility index (Phi) is 4.42. The van der Waals surface area contributed by atoms with Crippen LogP contribution in [0.25, 0.3) is 0 Å². The lowest BCUT2D eigenvalue weighted by Crippen LogP contribution is -2.35. The minimum atomic E-state index is -0.647. The smallest absolute Gasteiger partial charge is 0.395 e. The Morgan fingerprint density at radius 3 is 3.00 bits per heavy atom. The van der Waals surface area contributed by atoms with E-state index in [-0.39, 0.29) is 17.7 Å². The van der Waals surface area contributed by atoms with E-state index < -0.39 is 10.8 Å². The number of alkyl halides is 1. The van der Waals surface area contributed by atoms with Gasteiger partial charge in [-0.2, -0.15) is 0 Å². The van der Waals surface area contributed by atoms with Gasteiger partial charge in [0.1, 0.15) is 4.92 Å². The summed E-state index contributed by atoms with van der Waals surface area (Å²) in [4.78, 5) is 23.9. The standard InChI is InChI=1S/C12H15ClN2O4/c13-7-1-3-9-4-2-8-14(9)12(16)10-5-6-11(19-10)15(17)18/h5-6,9H,1-4,7-8H2. The summed E-state index contributed by atoms with van der Waals surface area (Å²) in [5.41, 5.74) is 0. The fraction of sp³-hybridized carbons (Fsp3) is 0.583. The third-order valence-corrected chi connectivity index (χ3v) is 3.56. The van der Waals surface area contributed by atoms with Crippen LogP contribution in [0.1, 0.15) is 36.2 Å². The highest BCUT2D eigenvalue weighted by atomic mass is 35.5. The number of hydrogen-bond acceptors (Lipinski definition) is 4. The van der Waals surface area contributed by atoms with Gasteiger partial charge in [-0.1, -0.05) is 0 Å². The summed E-state index contributed by atoms with van der Waals surface area (Å²) >= 11 is 5.67. The summed E-state index contributed by atoms with van der Waals surface area (Å²) in [5, 5.41) is 10.5. The maximum atomic E-state index is 12.2. The van der Waals surface area contributed by atoms with Crippen LogP contribution in [0.15, 0.2) is 16.5 Å². The van der Waals surface area contributed by atoms with E-state index in [0.717, 1.165) is 25.7 Å². The summed E-state index contributed by atoms with van der Waals surface area (Å²) < 4.78 is 4.96. The van der Waals surface area contributed by atoms with E-state index >= 15 is 0 Å². The van der Waals surface area contributed by atoms with Gasteiger partial charge in [0, 0.05) is 18.5 Å². The Morgan fingerprint density at radius 2 is 2.37 bits per heavy atom. The number of carbonyl (C=O) groups is 1. The van der Waals surface area contributed by atoms with Crippen molar-refractivity contribution in [1.29, 1.82) is 0 Å². The molecule has 1 aromatic heterocycles. The Labute approximate surface area is 115 Å². The summed E-state index contributed by atoms with van der Waals surface area (Å²) in [6.07, 6.45) is 3.61. The van der Waals surface area contributed by atoms with E-state index in [1.807, 2.05) is 0 Å². The first-order valence-electron chi connectivity index (χ1n) is 6.24. The number of carbonyl (C=O) groups excluding carboxylic acids is 1. The summed E-state index contributed by atoms with van der Waals surface area (Å²) in [6, 6.07) is 2.73. The van der Waals surface area contributed by atoms with Gasteiger partial charge >= 0.3 is 5.88 Å². The first-order valence-corrected chi connectivity index (χ1v) is 6.78. The van der Waals surface area contributed by atoms with Gasteiger partial charge in [-0.3, -0.25) is 14.9 Å². The molecule has 1 unspecified atom stereocenters. The largest absolute Gasteiger partial charge is 0.433 e. The van der Waals surface area contributed by atoms with Crippen molar-refractivity contribution in [3.8, 4) is 0 Å². The maximum Gasteiger partial charge on any atom is 0.433 e. The molecule has 7 heteroatoms. The number of nitrogens with zero attached hydrogens (tertiary/aromatic N) is 2. The molecule has 0 N–H and O–H groups in total. The van der Waals surface area contributed by atoms with E-state index in [4.69, 9.17) is 16.0 Å². The zero-order valence-electron chi connectivity index (χ0n) is 10.4. The zero-order valence-corrected chi connectivity index (χ0v) is 11.1. The molecular weight excluding hydrogens is 272 g/mol. The molecule has 0 bridgehead atoms. The monoisotopic (exact) mass is 286 g/mol. The minimum Gasteiger partial charge on any atom is -0.395 e. The number of rotatable bonds is 5. The van der Waals surface area contributed by atoms with Gasteiger partial charge in [0.2, 0.25) is 0 Å². The van der Waals surface area contributed by atoms with Gasteiger partial charge in [0.15, 0.2) is 5.76 Å². The molecule has 0 spiro atoms. The molecular formula is C12H15ClN2O4. The molecule has 19 heavy (non-hydrogen) atoms. The Bertz CT molecular complexity index is 474. The van der Waals surface area contributed by atoms with Crippen LogP contribution in [0.5, 0.6) is 0 Å². The van der Waals surface area contributed by atoms with E-state index in [1.54, 1.807) is 4.90 Å². The molecule has 0 aliphatic carbocycles. The third-order valence-electron chi connectivity index (χ3n) is 3.29. The van der Waals surface area contributed by atoms with Crippen LogP contribution in [-0.4, -0.2) is 34.2 Å². The highest BCUT2D eigenvalue weighted by molar-refractivity contribution is 6.17. The quantitative estimate of drug-likeness (QED) is 0.474. The van der Waals surface area contributed by atoms with Crippen molar-refractivity contribution < 1.29 is 14.1 Å². The van der Waals surface area contributed by atoms with Gasteiger partial charge in [-0.25, -0.2) is 0 Å². The van der Waals surface area contributed by atoms with Crippen molar-refractivity contribution >= 4 is 23.4 Å². The second-order valence-corrected chi connectivity index (χ2v) is 4.90. The van der Waals surface area contributed by atoms with Crippen LogP contribution in [0, 0.1) is 10.1 Å². The van der Waals surface area contributed by atoms with Gasteiger partial charge in [-0.05, 0) is 31.7 Å². The molecule has 1 aromatic rings. The first-order chi connectivity index (χ1) is 9.13. The van der Waals surface area contributed by atoms with E-state index in [1.165, 1.54) is 12.1 Å². The van der Waals surface area contributed by atoms with Crippen molar-refractivity contribution in [2.45, 2.75) is 31.7 Å². The topological polar surface area (TPSA) is 76.6 Å². The minimum absolute atomic E-state index is 0.0319. The average Bonchev–Trinajstić information content (AvgIpc) is 3.04. The Balaban J connectivity index is 2.07. The molecule has 6 nitrogen and oxygen atoms in total. The highest BCUT2D eigenvalue weighted by Crippen LogP contribution is 2.25. The highest BCUT2D eigenvalue weighted by Gasteiger charge is 2.31. The lowest BCUT2D eigenvalue weighted by molar-refractivity contribution is -0.402. The third kappa shape index (κ3) is 3.07. The molecule has 1 amide bonds. The fourth-order valence-electron chi connectivity index (χ4n) is 2.40. The van der Waals surface area contributed by atoms with Crippen LogP contribution in [0.4, 0.5) is 5.88 Å². The van der Waals surface area contributed by atoms with Crippen LogP contribution in [-0.2, 0) is 0 Å². The van der Waals surface area contributed by atoms with Crippen LogP contribution in [0.2, 0.25) is 0 Å². The molecule has 2 heterocycles. The van der Waals surface area contributed by atoms with Crippen molar-refractivity contribution in [2.75, 3.05) is 12.4 Å². The lowest BCUT2D eigenvalue weighted by Gasteiger charge is -2.23. The van der Waals surface area contributed by atoms with E-state index in [0.29, 0.717) is 12.4 Å². The number of nitro groups is 1. The van der Waals surface area contributed by atoms with Gasteiger partial charge < -0.3 is 9.32 Å². The van der Waals surface area contributed by atoms with Crippen LogP contribution < -0.4 is 0 Å². The lowest BCUT2D eigenvalue weighted by atomic mass is 10.1. The SMILES string of the molecule is O=C(c1ccc([N+](=O)[O-])o1)N1CCCC1CCCCl. The number of halogens is 1. The molecule has 0 aromatic carbocycles. The average molecular weight is 287 g/mol. The Hall–Kier alpha value is -1.56. The predicted octanol–water partition coefficient (Wildman–Crippen LogP) is 2.81. The molecule has 0 saturated carbocycles. The van der Waals surface area contributed by atoms with Gasteiger partial charge in [0.05, 0.1) is 6.07 Å². The number of amides is 1. The number of likely N-dealkylation sites (tertiary alicyclic amines) is 1. The molecule has 1 aliphatic rings. The maximum absolute atomic E-state index is 12.2.